The maximum Gasteiger partial charge on any atom is 0.239 e. The van der Waals surface area contributed by atoms with Gasteiger partial charge in [0.2, 0.25) is 11.0 Å². The minimum Gasteiger partial charge on any atom is -0.300 e. The minimum absolute atomic E-state index is 0.0948. The van der Waals surface area contributed by atoms with Crippen LogP contribution in [0.25, 0.3) is 10.6 Å². The molecule has 3 aromatic rings. The highest BCUT2D eigenvalue weighted by Gasteiger charge is 2.16. The highest BCUT2D eigenvalue weighted by atomic mass is 35.5. The Labute approximate surface area is 153 Å². The summed E-state index contributed by atoms with van der Waals surface area (Å²) >= 11 is 8.73. The molecule has 0 saturated heterocycles. The van der Waals surface area contributed by atoms with Gasteiger partial charge in [0.05, 0.1) is 5.25 Å². The Morgan fingerprint density at radius 1 is 1.12 bits per heavy atom. The number of nitrogens with zero attached hydrogens (tertiary/aromatic N) is 2. The fraction of sp³-hybridized carbons (Fsp3) is 0.118. The van der Waals surface area contributed by atoms with E-state index in [-0.39, 0.29) is 11.2 Å². The number of hydrogen-bond donors (Lipinski definition) is 1. The molecule has 1 N–H and O–H groups in total. The van der Waals surface area contributed by atoms with Gasteiger partial charge in [0.15, 0.2) is 0 Å². The number of carbonyl (C=O) groups is 1. The molecule has 3 rings (SSSR count). The number of anilines is 1. The van der Waals surface area contributed by atoms with Crippen LogP contribution >= 0.6 is 34.7 Å². The van der Waals surface area contributed by atoms with E-state index in [1.807, 2.05) is 49.4 Å². The first-order chi connectivity index (χ1) is 11.6. The van der Waals surface area contributed by atoms with E-state index in [2.05, 4.69) is 15.5 Å². The number of hydrogen-bond acceptors (Lipinski definition) is 5. The number of rotatable bonds is 5. The minimum atomic E-state index is -0.227. The monoisotopic (exact) mass is 375 g/mol. The zero-order valence-corrected chi connectivity index (χ0v) is 15.2. The lowest BCUT2D eigenvalue weighted by molar-refractivity contribution is -0.115. The molecule has 1 aromatic heterocycles. The van der Waals surface area contributed by atoms with Crippen molar-refractivity contribution < 1.29 is 4.79 Å². The molecule has 0 bridgehead atoms. The van der Waals surface area contributed by atoms with E-state index in [1.54, 1.807) is 12.1 Å². The molecule has 0 radical (unpaired) electrons. The van der Waals surface area contributed by atoms with Gasteiger partial charge in [-0.15, -0.1) is 22.0 Å². The Kier molecular flexibility index (Phi) is 5.50. The molecule has 24 heavy (non-hydrogen) atoms. The van der Waals surface area contributed by atoms with Crippen molar-refractivity contribution in [2.24, 2.45) is 0 Å². The normalized spacial score (nSPS) is 11.9. The highest BCUT2D eigenvalue weighted by molar-refractivity contribution is 8.00. The van der Waals surface area contributed by atoms with Crippen molar-refractivity contribution in [3.63, 3.8) is 0 Å². The Bertz CT molecular complexity index is 821. The quantitative estimate of drug-likeness (QED) is 0.639. The standard InChI is InChI=1S/C17H14ClN3OS2/c1-11(23-14-5-3-2-4-6-14)15(22)19-17-21-20-16(24-17)12-7-9-13(18)10-8-12/h2-11H,1H3,(H,19,21,22)/t11-/m0/s1. The summed E-state index contributed by atoms with van der Waals surface area (Å²) in [5.41, 5.74) is 0.920. The average molecular weight is 376 g/mol. The number of carbonyl (C=O) groups excluding carboxylic acids is 1. The molecule has 2 aromatic carbocycles. The lowest BCUT2D eigenvalue weighted by atomic mass is 10.2. The van der Waals surface area contributed by atoms with Crippen LogP contribution in [-0.4, -0.2) is 21.4 Å². The van der Waals surface area contributed by atoms with E-state index in [0.717, 1.165) is 15.5 Å². The first-order valence-corrected chi connectivity index (χ1v) is 9.31. The molecule has 0 aliphatic heterocycles. The second kappa shape index (κ2) is 7.79. The van der Waals surface area contributed by atoms with E-state index in [9.17, 15) is 4.79 Å². The summed E-state index contributed by atoms with van der Waals surface area (Å²) in [6, 6.07) is 17.2. The van der Waals surface area contributed by atoms with Gasteiger partial charge in [-0.25, -0.2) is 0 Å². The summed E-state index contributed by atoms with van der Waals surface area (Å²) in [6.07, 6.45) is 0. The fourth-order valence-corrected chi connectivity index (χ4v) is 3.71. The largest absolute Gasteiger partial charge is 0.300 e. The predicted molar refractivity (Wildman–Crippen MR) is 101 cm³/mol. The summed E-state index contributed by atoms with van der Waals surface area (Å²) in [6.45, 7) is 1.87. The van der Waals surface area contributed by atoms with Gasteiger partial charge in [0.1, 0.15) is 5.01 Å². The summed E-state index contributed by atoms with van der Waals surface area (Å²) in [7, 11) is 0. The summed E-state index contributed by atoms with van der Waals surface area (Å²) in [5, 5.41) is 12.7. The van der Waals surface area contributed by atoms with Crippen molar-refractivity contribution in [1.82, 2.24) is 10.2 Å². The van der Waals surface area contributed by atoms with Gasteiger partial charge in [-0.3, -0.25) is 10.1 Å². The van der Waals surface area contributed by atoms with Crippen molar-refractivity contribution in [3.8, 4) is 10.6 Å². The summed E-state index contributed by atoms with van der Waals surface area (Å²) < 4.78 is 0. The predicted octanol–water partition coefficient (Wildman–Crippen LogP) is 4.98. The number of benzene rings is 2. The Morgan fingerprint density at radius 2 is 1.83 bits per heavy atom. The second-order valence-corrected chi connectivity index (χ2v) is 7.81. The molecule has 0 spiro atoms. The van der Waals surface area contributed by atoms with E-state index in [0.29, 0.717) is 10.2 Å². The average Bonchev–Trinajstić information content (AvgIpc) is 3.05. The molecule has 122 valence electrons. The second-order valence-electron chi connectivity index (χ2n) is 4.98. The molecule has 7 heteroatoms. The maximum absolute atomic E-state index is 12.3. The number of halogens is 1. The molecule has 1 heterocycles. The van der Waals surface area contributed by atoms with E-state index < -0.39 is 0 Å². The molecular weight excluding hydrogens is 362 g/mol. The van der Waals surface area contributed by atoms with Gasteiger partial charge in [0.25, 0.3) is 0 Å². The maximum atomic E-state index is 12.3. The molecular formula is C17H14ClN3OS2. The third-order valence-electron chi connectivity index (χ3n) is 3.17. The molecule has 1 atom stereocenters. The molecule has 0 aliphatic carbocycles. The SMILES string of the molecule is C[C@H](Sc1ccccc1)C(=O)Nc1nnc(-c2ccc(Cl)cc2)s1. The van der Waals surface area contributed by atoms with Crippen LogP contribution in [0.3, 0.4) is 0 Å². The van der Waals surface area contributed by atoms with Crippen molar-refractivity contribution in [2.45, 2.75) is 17.1 Å². The van der Waals surface area contributed by atoms with E-state index >= 15 is 0 Å². The lowest BCUT2D eigenvalue weighted by Gasteiger charge is -2.09. The topological polar surface area (TPSA) is 54.9 Å². The molecule has 1 amide bonds. The lowest BCUT2D eigenvalue weighted by Crippen LogP contribution is -2.22. The Hall–Kier alpha value is -1.89. The molecule has 0 fully saturated rings. The van der Waals surface area contributed by atoms with Gasteiger partial charge >= 0.3 is 0 Å². The number of amides is 1. The van der Waals surface area contributed by atoms with Crippen LogP contribution in [0.5, 0.6) is 0 Å². The van der Waals surface area contributed by atoms with Crippen LogP contribution in [0, 0.1) is 0 Å². The van der Waals surface area contributed by atoms with Crippen LogP contribution in [0.2, 0.25) is 5.02 Å². The first kappa shape index (κ1) is 17.0. The first-order valence-electron chi connectivity index (χ1n) is 7.24. The van der Waals surface area contributed by atoms with Crippen molar-refractivity contribution >= 4 is 45.7 Å². The Balaban J connectivity index is 1.63. The van der Waals surface area contributed by atoms with Crippen LogP contribution in [0.1, 0.15) is 6.92 Å². The molecule has 0 aliphatic rings. The van der Waals surface area contributed by atoms with Gasteiger partial charge in [-0.1, -0.05) is 53.3 Å². The number of aromatic nitrogens is 2. The summed E-state index contributed by atoms with van der Waals surface area (Å²) in [4.78, 5) is 13.4. The van der Waals surface area contributed by atoms with Gasteiger partial charge < -0.3 is 0 Å². The van der Waals surface area contributed by atoms with E-state index in [4.69, 9.17) is 11.6 Å². The zero-order chi connectivity index (χ0) is 16.9. The van der Waals surface area contributed by atoms with Crippen LogP contribution in [0.4, 0.5) is 5.13 Å². The smallest absolute Gasteiger partial charge is 0.239 e. The van der Waals surface area contributed by atoms with Crippen LogP contribution in [0.15, 0.2) is 59.5 Å². The van der Waals surface area contributed by atoms with Gasteiger partial charge in [-0.2, -0.15) is 0 Å². The van der Waals surface area contributed by atoms with Crippen molar-refractivity contribution in [1.29, 1.82) is 0 Å². The zero-order valence-electron chi connectivity index (χ0n) is 12.8. The molecule has 4 nitrogen and oxygen atoms in total. The Morgan fingerprint density at radius 3 is 2.54 bits per heavy atom. The van der Waals surface area contributed by atoms with Gasteiger partial charge in [0, 0.05) is 15.5 Å². The number of nitrogens with one attached hydrogen (secondary N) is 1. The fourth-order valence-electron chi connectivity index (χ4n) is 1.95. The summed E-state index contributed by atoms with van der Waals surface area (Å²) in [5.74, 6) is -0.0948. The van der Waals surface area contributed by atoms with Gasteiger partial charge in [-0.05, 0) is 31.2 Å². The van der Waals surface area contributed by atoms with Crippen molar-refractivity contribution in [3.05, 3.63) is 59.6 Å². The molecule has 0 unspecified atom stereocenters. The third kappa shape index (κ3) is 4.35. The van der Waals surface area contributed by atoms with E-state index in [1.165, 1.54) is 23.1 Å². The van der Waals surface area contributed by atoms with Crippen LogP contribution in [-0.2, 0) is 4.79 Å². The number of thioether (sulfide) groups is 1. The third-order valence-corrected chi connectivity index (χ3v) is 5.42. The van der Waals surface area contributed by atoms with Crippen molar-refractivity contribution in [2.75, 3.05) is 5.32 Å². The molecule has 0 saturated carbocycles. The van der Waals surface area contributed by atoms with Crippen LogP contribution < -0.4 is 5.32 Å². The highest BCUT2D eigenvalue weighted by Crippen LogP contribution is 2.28.